The minimum absolute atomic E-state index is 0.286. The smallest absolute Gasteiger partial charge is 0.0701 e. The first-order chi connectivity index (χ1) is 6.77. The average molecular weight is 226 g/mol. The van der Waals surface area contributed by atoms with Crippen molar-refractivity contribution in [3.05, 3.63) is 0 Å². The zero-order chi connectivity index (χ0) is 10.6. The quantitative estimate of drug-likeness (QED) is 0.384. The number of hydrogen-bond donors (Lipinski definition) is 1. The highest BCUT2D eigenvalue weighted by molar-refractivity contribution is 7.77. The van der Waals surface area contributed by atoms with Gasteiger partial charge in [0, 0.05) is 24.9 Å². The summed E-state index contributed by atoms with van der Waals surface area (Å²) in [5.74, 6) is 0. The van der Waals surface area contributed by atoms with Crippen molar-refractivity contribution in [2.24, 2.45) is 0 Å². The number of nitrogens with one attached hydrogen (secondary N) is 1. The molecular formula is C7H16NO5S-. The lowest BCUT2D eigenvalue weighted by Gasteiger charge is -2.07. The molecule has 6 nitrogen and oxygen atoms in total. The van der Waals surface area contributed by atoms with Crippen LogP contribution in [0, 0.1) is 0 Å². The van der Waals surface area contributed by atoms with Crippen LogP contribution in [0.2, 0.25) is 0 Å². The van der Waals surface area contributed by atoms with Crippen molar-refractivity contribution < 1.29 is 23.0 Å². The van der Waals surface area contributed by atoms with E-state index < -0.39 is 11.3 Å². The maximum Gasteiger partial charge on any atom is 0.0701 e. The standard InChI is InChI=1S/C7H17NO5S/c1-11-4-5-13-7-6-12-3-2-8-14(9)10/h8H,2-7H2,1H3,(H,9,10)/p-1. The molecule has 14 heavy (non-hydrogen) atoms. The molecule has 0 saturated heterocycles. The summed E-state index contributed by atoms with van der Waals surface area (Å²) in [5, 5.41) is 0. The van der Waals surface area contributed by atoms with Crippen molar-refractivity contribution in [1.29, 1.82) is 0 Å². The molecule has 0 amide bonds. The van der Waals surface area contributed by atoms with Crippen LogP contribution in [0.1, 0.15) is 0 Å². The van der Waals surface area contributed by atoms with E-state index >= 15 is 0 Å². The van der Waals surface area contributed by atoms with Crippen LogP contribution >= 0.6 is 0 Å². The molecule has 86 valence electrons. The molecule has 1 N–H and O–H groups in total. The first-order valence-electron chi connectivity index (χ1n) is 4.24. The van der Waals surface area contributed by atoms with E-state index in [1.165, 1.54) is 0 Å². The van der Waals surface area contributed by atoms with Gasteiger partial charge in [0.05, 0.1) is 33.0 Å². The summed E-state index contributed by atoms with van der Waals surface area (Å²) in [7, 11) is 1.61. The molecule has 0 spiro atoms. The molecule has 0 saturated carbocycles. The molecule has 0 aliphatic carbocycles. The fourth-order valence-corrected chi connectivity index (χ4v) is 0.911. The Balaban J connectivity index is 2.88. The summed E-state index contributed by atoms with van der Waals surface area (Å²) < 4.78 is 37.1. The Morgan fingerprint density at radius 2 is 1.71 bits per heavy atom. The first-order valence-corrected chi connectivity index (χ1v) is 5.32. The first kappa shape index (κ1) is 13.9. The third-order valence-corrected chi connectivity index (χ3v) is 1.71. The molecule has 0 aromatic heterocycles. The topological polar surface area (TPSA) is 79.8 Å². The van der Waals surface area contributed by atoms with Gasteiger partial charge >= 0.3 is 0 Å². The number of hydrogen-bond acceptors (Lipinski definition) is 5. The van der Waals surface area contributed by atoms with Crippen molar-refractivity contribution in [2.45, 2.75) is 0 Å². The Labute approximate surface area is 86.3 Å². The Hall–Kier alpha value is -0.0500. The molecule has 7 heteroatoms. The summed E-state index contributed by atoms with van der Waals surface area (Å²) in [5.41, 5.74) is 0. The van der Waals surface area contributed by atoms with Crippen LogP contribution < -0.4 is 4.72 Å². The minimum atomic E-state index is -2.20. The van der Waals surface area contributed by atoms with Gasteiger partial charge in [0.15, 0.2) is 0 Å². The average Bonchev–Trinajstić information content (AvgIpc) is 2.15. The van der Waals surface area contributed by atoms with Gasteiger partial charge in [-0.1, -0.05) is 0 Å². The molecule has 0 heterocycles. The van der Waals surface area contributed by atoms with E-state index in [2.05, 4.69) is 4.72 Å². The van der Waals surface area contributed by atoms with Crippen LogP contribution in [-0.4, -0.2) is 55.5 Å². The monoisotopic (exact) mass is 226 g/mol. The predicted octanol–water partition coefficient (Wildman–Crippen LogP) is -0.950. The lowest BCUT2D eigenvalue weighted by Crippen LogP contribution is -2.22. The van der Waals surface area contributed by atoms with Gasteiger partial charge in [-0.2, -0.15) is 0 Å². The maximum absolute atomic E-state index is 10.0. The largest absolute Gasteiger partial charge is 0.760 e. The van der Waals surface area contributed by atoms with E-state index in [1.807, 2.05) is 0 Å². The van der Waals surface area contributed by atoms with Crippen molar-refractivity contribution in [3.8, 4) is 0 Å². The lowest BCUT2D eigenvalue weighted by atomic mass is 10.7. The van der Waals surface area contributed by atoms with Crippen molar-refractivity contribution in [2.75, 3.05) is 46.7 Å². The molecule has 0 aromatic rings. The Morgan fingerprint density at radius 1 is 1.14 bits per heavy atom. The third-order valence-electron chi connectivity index (χ3n) is 1.27. The van der Waals surface area contributed by atoms with Crippen LogP contribution in [0.3, 0.4) is 0 Å². The van der Waals surface area contributed by atoms with Crippen LogP contribution in [0.15, 0.2) is 0 Å². The molecule has 1 atom stereocenters. The van der Waals surface area contributed by atoms with Crippen molar-refractivity contribution in [1.82, 2.24) is 4.72 Å². The minimum Gasteiger partial charge on any atom is -0.760 e. The van der Waals surface area contributed by atoms with E-state index in [0.29, 0.717) is 33.0 Å². The summed E-state index contributed by atoms with van der Waals surface area (Å²) in [6.07, 6.45) is 0. The van der Waals surface area contributed by atoms with Gasteiger partial charge in [0.25, 0.3) is 0 Å². The predicted molar refractivity (Wildman–Crippen MR) is 50.4 cm³/mol. The van der Waals surface area contributed by atoms with E-state index in [9.17, 15) is 8.76 Å². The van der Waals surface area contributed by atoms with E-state index in [1.54, 1.807) is 7.11 Å². The maximum atomic E-state index is 10.0. The molecule has 0 rings (SSSR count). The summed E-state index contributed by atoms with van der Waals surface area (Å²) in [6.45, 7) is 2.69. The van der Waals surface area contributed by atoms with Crippen molar-refractivity contribution in [3.63, 3.8) is 0 Å². The second-order valence-electron chi connectivity index (χ2n) is 2.35. The fourth-order valence-electron chi connectivity index (χ4n) is 0.661. The SMILES string of the molecule is COCCOCCOCCNS(=O)[O-]. The third kappa shape index (κ3) is 11.9. The molecule has 0 fully saturated rings. The van der Waals surface area contributed by atoms with Gasteiger partial charge < -0.3 is 18.8 Å². The zero-order valence-corrected chi connectivity index (χ0v) is 9.01. The highest BCUT2D eigenvalue weighted by atomic mass is 32.2. The zero-order valence-electron chi connectivity index (χ0n) is 8.19. The van der Waals surface area contributed by atoms with Gasteiger partial charge in [-0.05, 0) is 0 Å². The fraction of sp³-hybridized carbons (Fsp3) is 1.00. The van der Waals surface area contributed by atoms with Gasteiger partial charge in [-0.25, -0.2) is 4.72 Å². The lowest BCUT2D eigenvalue weighted by molar-refractivity contribution is 0.0262. The second-order valence-corrected chi connectivity index (χ2v) is 3.10. The van der Waals surface area contributed by atoms with Crippen LogP contribution in [0.25, 0.3) is 0 Å². The van der Waals surface area contributed by atoms with Crippen LogP contribution in [0.5, 0.6) is 0 Å². The molecule has 0 aromatic carbocycles. The molecule has 0 aliphatic rings. The van der Waals surface area contributed by atoms with E-state index in [-0.39, 0.29) is 6.54 Å². The normalized spacial score (nSPS) is 13.0. The molecule has 0 radical (unpaired) electrons. The van der Waals surface area contributed by atoms with Crippen LogP contribution in [-0.2, 0) is 25.5 Å². The highest BCUT2D eigenvalue weighted by Gasteiger charge is 1.90. The van der Waals surface area contributed by atoms with Crippen LogP contribution in [0.4, 0.5) is 0 Å². The van der Waals surface area contributed by atoms with Gasteiger partial charge in [-0.3, -0.25) is 4.21 Å². The van der Waals surface area contributed by atoms with E-state index in [4.69, 9.17) is 14.2 Å². The Kier molecular flexibility index (Phi) is 11.0. The summed E-state index contributed by atoms with van der Waals surface area (Å²) in [4.78, 5) is 0. The summed E-state index contributed by atoms with van der Waals surface area (Å²) >= 11 is -2.20. The Morgan fingerprint density at radius 3 is 2.29 bits per heavy atom. The second kappa shape index (κ2) is 11.0. The molecule has 0 aliphatic heterocycles. The number of ether oxygens (including phenoxy) is 3. The van der Waals surface area contributed by atoms with Gasteiger partial charge in [-0.15, -0.1) is 0 Å². The molecular weight excluding hydrogens is 210 g/mol. The molecule has 1 unspecified atom stereocenters. The highest BCUT2D eigenvalue weighted by Crippen LogP contribution is 1.79. The van der Waals surface area contributed by atoms with E-state index in [0.717, 1.165) is 0 Å². The van der Waals surface area contributed by atoms with Crippen molar-refractivity contribution >= 4 is 11.3 Å². The molecule has 0 bridgehead atoms. The van der Waals surface area contributed by atoms with Gasteiger partial charge in [0.2, 0.25) is 0 Å². The Bertz CT molecular complexity index is 146. The number of rotatable bonds is 10. The number of methoxy groups -OCH3 is 1. The van der Waals surface area contributed by atoms with Gasteiger partial charge in [0.1, 0.15) is 0 Å². The summed E-state index contributed by atoms with van der Waals surface area (Å²) in [6, 6.07) is 0.